The summed E-state index contributed by atoms with van der Waals surface area (Å²) >= 11 is 0. The highest BCUT2D eigenvalue weighted by atomic mass is 16.5. The minimum atomic E-state index is 0.436. The lowest BCUT2D eigenvalue weighted by Crippen LogP contribution is -1.99. The summed E-state index contributed by atoms with van der Waals surface area (Å²) in [6.45, 7) is 3.84. The Bertz CT molecular complexity index is 600. The molecule has 2 atom stereocenters. The van der Waals surface area contributed by atoms with Crippen molar-refractivity contribution < 1.29 is 4.74 Å². The van der Waals surface area contributed by atoms with Crippen LogP contribution >= 0.6 is 0 Å². The normalized spacial score (nSPS) is 20.9. The van der Waals surface area contributed by atoms with Crippen LogP contribution in [0.15, 0.2) is 37.4 Å². The van der Waals surface area contributed by atoms with Gasteiger partial charge in [0.25, 0.3) is 0 Å². The fraction of sp³-hybridized carbons (Fsp3) is 0.286. The van der Waals surface area contributed by atoms with Crippen molar-refractivity contribution in [1.82, 2.24) is 20.2 Å². The average Bonchev–Trinajstić information content (AvgIpc) is 3.27. The van der Waals surface area contributed by atoms with Gasteiger partial charge in [-0.05, 0) is 24.3 Å². The Kier molecular flexibility index (Phi) is 2.95. The van der Waals surface area contributed by atoms with E-state index in [0.29, 0.717) is 17.7 Å². The number of allylic oxidation sites excluding steroid dienone is 1. The number of hydrogen-bond acceptors (Lipinski definition) is 5. The molecule has 0 bridgehead atoms. The molecule has 1 fully saturated rings. The summed E-state index contributed by atoms with van der Waals surface area (Å²) < 4.78 is 5.29. The first kappa shape index (κ1) is 11.8. The summed E-state index contributed by atoms with van der Waals surface area (Å²) in [4.78, 5) is 8.00. The summed E-state index contributed by atoms with van der Waals surface area (Å²) in [6.07, 6.45) is 8.03. The Morgan fingerprint density at radius 2 is 2.11 bits per heavy atom. The summed E-state index contributed by atoms with van der Waals surface area (Å²) in [6, 6.07) is 2.01. The quantitative estimate of drug-likeness (QED) is 0.783. The van der Waals surface area contributed by atoms with E-state index in [1.54, 1.807) is 19.5 Å². The summed E-state index contributed by atoms with van der Waals surface area (Å²) in [5, 5.41) is 8.30. The zero-order valence-corrected chi connectivity index (χ0v) is 10.7. The van der Waals surface area contributed by atoms with Crippen LogP contribution < -0.4 is 4.74 Å². The van der Waals surface area contributed by atoms with Crippen molar-refractivity contribution in [2.24, 2.45) is 5.92 Å². The third-order valence-electron chi connectivity index (χ3n) is 3.38. The van der Waals surface area contributed by atoms with Gasteiger partial charge in [0.05, 0.1) is 12.8 Å². The smallest absolute Gasteiger partial charge is 0.236 e. The Morgan fingerprint density at radius 1 is 1.32 bits per heavy atom. The van der Waals surface area contributed by atoms with Gasteiger partial charge in [-0.2, -0.15) is 0 Å². The third-order valence-corrected chi connectivity index (χ3v) is 3.38. The Balaban J connectivity index is 2.00. The van der Waals surface area contributed by atoms with Crippen molar-refractivity contribution in [3.63, 3.8) is 0 Å². The van der Waals surface area contributed by atoms with Crippen LogP contribution in [0.25, 0.3) is 11.3 Å². The summed E-state index contributed by atoms with van der Waals surface area (Å²) in [5.74, 6) is 1.54. The van der Waals surface area contributed by atoms with Gasteiger partial charge in [0, 0.05) is 23.5 Å². The molecule has 1 aliphatic rings. The monoisotopic (exact) mass is 254 g/mol. The standard InChI is InChI=1S/C14H14N4O/c1-3-9-4-11(9)12-5-13(17-18-14(12)19-2)10-6-15-8-16-7-10/h3,5-9,11H,1,4H2,2H3/t9-,11-/m0/s1. The zero-order chi connectivity index (χ0) is 13.2. The average molecular weight is 254 g/mol. The first-order valence-electron chi connectivity index (χ1n) is 6.13. The molecule has 2 aromatic heterocycles. The topological polar surface area (TPSA) is 60.8 Å². The van der Waals surface area contributed by atoms with Gasteiger partial charge < -0.3 is 4.74 Å². The van der Waals surface area contributed by atoms with E-state index in [1.165, 1.54) is 6.33 Å². The van der Waals surface area contributed by atoms with Crippen molar-refractivity contribution in [2.75, 3.05) is 7.11 Å². The van der Waals surface area contributed by atoms with E-state index in [2.05, 4.69) is 26.7 Å². The number of rotatable bonds is 4. The SMILES string of the molecule is C=C[C@H]1C[C@@H]1c1cc(-c2cncnc2)nnc1OC. The van der Waals surface area contributed by atoms with Crippen LogP contribution in [-0.2, 0) is 0 Å². The Morgan fingerprint density at radius 3 is 2.74 bits per heavy atom. The van der Waals surface area contributed by atoms with E-state index in [9.17, 15) is 0 Å². The maximum Gasteiger partial charge on any atom is 0.236 e. The van der Waals surface area contributed by atoms with Gasteiger partial charge in [0.1, 0.15) is 6.33 Å². The van der Waals surface area contributed by atoms with Gasteiger partial charge in [0.2, 0.25) is 5.88 Å². The maximum atomic E-state index is 5.29. The fourth-order valence-electron chi connectivity index (χ4n) is 2.22. The van der Waals surface area contributed by atoms with Crippen LogP contribution in [-0.4, -0.2) is 27.3 Å². The molecule has 19 heavy (non-hydrogen) atoms. The lowest BCUT2D eigenvalue weighted by Gasteiger charge is -2.07. The number of methoxy groups -OCH3 is 1. The maximum absolute atomic E-state index is 5.29. The predicted molar refractivity (Wildman–Crippen MR) is 70.7 cm³/mol. The van der Waals surface area contributed by atoms with Crippen molar-refractivity contribution >= 4 is 0 Å². The zero-order valence-electron chi connectivity index (χ0n) is 10.7. The summed E-state index contributed by atoms with van der Waals surface area (Å²) in [7, 11) is 1.62. The number of ether oxygens (including phenoxy) is 1. The van der Waals surface area contributed by atoms with Crippen molar-refractivity contribution in [2.45, 2.75) is 12.3 Å². The van der Waals surface area contributed by atoms with Crippen molar-refractivity contribution in [1.29, 1.82) is 0 Å². The van der Waals surface area contributed by atoms with E-state index in [1.807, 2.05) is 12.1 Å². The lowest BCUT2D eigenvalue weighted by molar-refractivity contribution is 0.386. The molecular formula is C14H14N4O. The van der Waals surface area contributed by atoms with Crippen LogP contribution in [0.1, 0.15) is 17.9 Å². The lowest BCUT2D eigenvalue weighted by atomic mass is 10.1. The molecule has 2 heterocycles. The van der Waals surface area contributed by atoms with E-state index >= 15 is 0 Å². The molecular weight excluding hydrogens is 240 g/mol. The van der Waals surface area contributed by atoms with E-state index in [-0.39, 0.29) is 0 Å². The molecule has 1 saturated carbocycles. The van der Waals surface area contributed by atoms with Crippen LogP contribution in [0, 0.1) is 5.92 Å². The van der Waals surface area contributed by atoms with Gasteiger partial charge in [-0.15, -0.1) is 16.8 Å². The van der Waals surface area contributed by atoms with Crippen molar-refractivity contribution in [3.8, 4) is 17.1 Å². The van der Waals surface area contributed by atoms with E-state index < -0.39 is 0 Å². The second-order valence-electron chi connectivity index (χ2n) is 4.56. The molecule has 1 aliphatic carbocycles. The Labute approximate surface area is 111 Å². The van der Waals surface area contributed by atoms with Crippen molar-refractivity contribution in [3.05, 3.63) is 43.0 Å². The van der Waals surface area contributed by atoms with Gasteiger partial charge in [0.15, 0.2) is 0 Å². The Hall–Kier alpha value is -2.30. The minimum absolute atomic E-state index is 0.436. The molecule has 0 N–H and O–H groups in total. The first-order chi connectivity index (χ1) is 9.33. The van der Waals surface area contributed by atoms with Gasteiger partial charge in [-0.25, -0.2) is 9.97 Å². The third kappa shape index (κ3) is 2.19. The highest BCUT2D eigenvalue weighted by Crippen LogP contribution is 2.50. The molecule has 0 unspecified atom stereocenters. The van der Waals surface area contributed by atoms with Gasteiger partial charge in [-0.1, -0.05) is 6.08 Å². The molecule has 0 aliphatic heterocycles. The molecule has 0 saturated heterocycles. The van der Waals surface area contributed by atoms with Gasteiger partial charge in [-0.3, -0.25) is 0 Å². The molecule has 5 heteroatoms. The molecule has 5 nitrogen and oxygen atoms in total. The van der Waals surface area contributed by atoms with Gasteiger partial charge >= 0.3 is 0 Å². The second-order valence-corrected chi connectivity index (χ2v) is 4.56. The highest BCUT2D eigenvalue weighted by Gasteiger charge is 2.38. The number of aromatic nitrogens is 4. The minimum Gasteiger partial charge on any atom is -0.480 e. The van der Waals surface area contributed by atoms with E-state index in [0.717, 1.165) is 23.2 Å². The molecule has 96 valence electrons. The largest absolute Gasteiger partial charge is 0.480 e. The summed E-state index contributed by atoms with van der Waals surface area (Å²) in [5.41, 5.74) is 2.71. The molecule has 2 aromatic rings. The van der Waals surface area contributed by atoms with Crippen LogP contribution in [0.2, 0.25) is 0 Å². The molecule has 0 amide bonds. The second kappa shape index (κ2) is 4.76. The number of nitrogens with zero attached hydrogens (tertiary/aromatic N) is 4. The van der Waals surface area contributed by atoms with Crippen LogP contribution in [0.5, 0.6) is 5.88 Å². The van der Waals surface area contributed by atoms with Crippen LogP contribution in [0.3, 0.4) is 0 Å². The molecule has 0 aromatic carbocycles. The molecule has 0 radical (unpaired) electrons. The first-order valence-corrected chi connectivity index (χ1v) is 6.13. The highest BCUT2D eigenvalue weighted by molar-refractivity contribution is 5.58. The number of hydrogen-bond donors (Lipinski definition) is 0. The predicted octanol–water partition coefficient (Wildman–Crippen LogP) is 2.23. The van der Waals surface area contributed by atoms with E-state index in [4.69, 9.17) is 4.74 Å². The molecule has 0 spiro atoms. The molecule has 3 rings (SSSR count). The van der Waals surface area contributed by atoms with Crippen LogP contribution in [0.4, 0.5) is 0 Å². The fourth-order valence-corrected chi connectivity index (χ4v) is 2.22.